The number of nitrogens with one attached hydrogen (secondary N) is 1. The average molecular weight is 386 g/mol. The normalized spacial score (nSPS) is 10.7. The zero-order chi connectivity index (χ0) is 18.4. The second kappa shape index (κ2) is 8.60. The maximum absolute atomic E-state index is 13.4. The van der Waals surface area contributed by atoms with Gasteiger partial charge >= 0.3 is 5.97 Å². The van der Waals surface area contributed by atoms with Crippen LogP contribution in [0.4, 0.5) is 14.5 Å². The predicted molar refractivity (Wildman–Crippen MR) is 91.4 cm³/mol. The number of carbonyl (C=O) groups excluding carboxylic acids is 2. The van der Waals surface area contributed by atoms with Gasteiger partial charge < -0.3 is 10.1 Å². The van der Waals surface area contributed by atoms with E-state index in [4.69, 9.17) is 27.9 Å². The number of amides is 1. The molecule has 8 heteroatoms. The molecule has 0 aromatic heterocycles. The molecule has 130 valence electrons. The first kappa shape index (κ1) is 18.9. The van der Waals surface area contributed by atoms with Gasteiger partial charge in [0.25, 0.3) is 5.91 Å². The van der Waals surface area contributed by atoms with Crippen molar-refractivity contribution in [2.75, 3.05) is 11.9 Å². The van der Waals surface area contributed by atoms with E-state index in [1.807, 2.05) is 0 Å². The summed E-state index contributed by atoms with van der Waals surface area (Å²) in [7, 11) is 0. The Hall–Kier alpha value is -2.44. The monoisotopic (exact) mass is 385 g/mol. The number of carbonyl (C=O) groups is 2. The molecule has 1 amide bonds. The molecule has 0 radical (unpaired) electrons. The quantitative estimate of drug-likeness (QED) is 0.610. The molecular formula is C17H11Cl2F2NO3. The van der Waals surface area contributed by atoms with Gasteiger partial charge in [-0.1, -0.05) is 29.3 Å². The van der Waals surface area contributed by atoms with Crippen molar-refractivity contribution in [1.82, 2.24) is 0 Å². The van der Waals surface area contributed by atoms with Crippen molar-refractivity contribution in [3.8, 4) is 0 Å². The fourth-order valence-electron chi connectivity index (χ4n) is 1.76. The van der Waals surface area contributed by atoms with Crippen LogP contribution in [-0.4, -0.2) is 18.5 Å². The maximum atomic E-state index is 13.4. The van der Waals surface area contributed by atoms with E-state index >= 15 is 0 Å². The van der Waals surface area contributed by atoms with E-state index in [0.29, 0.717) is 15.6 Å². The predicted octanol–water partition coefficient (Wildman–Crippen LogP) is 4.47. The highest BCUT2D eigenvalue weighted by molar-refractivity contribution is 6.35. The zero-order valence-corrected chi connectivity index (χ0v) is 14.1. The molecule has 0 aliphatic rings. The second-order valence-corrected chi connectivity index (χ2v) is 5.62. The van der Waals surface area contributed by atoms with Crippen molar-refractivity contribution in [2.45, 2.75) is 0 Å². The largest absolute Gasteiger partial charge is 0.452 e. The van der Waals surface area contributed by atoms with Gasteiger partial charge in [-0.2, -0.15) is 0 Å². The molecule has 0 spiro atoms. The minimum atomic E-state index is -0.809. The van der Waals surface area contributed by atoms with E-state index in [-0.39, 0.29) is 5.69 Å². The first-order valence-corrected chi connectivity index (χ1v) is 7.65. The van der Waals surface area contributed by atoms with Gasteiger partial charge in [-0.15, -0.1) is 0 Å². The van der Waals surface area contributed by atoms with Gasteiger partial charge in [0.2, 0.25) is 0 Å². The number of hydrogen-bond acceptors (Lipinski definition) is 3. The van der Waals surface area contributed by atoms with Gasteiger partial charge in [0.15, 0.2) is 6.61 Å². The lowest BCUT2D eigenvalue weighted by Crippen LogP contribution is -2.20. The first-order chi connectivity index (χ1) is 11.8. The summed E-state index contributed by atoms with van der Waals surface area (Å²) in [5.74, 6) is -3.13. The van der Waals surface area contributed by atoms with Crippen LogP contribution in [0, 0.1) is 11.6 Å². The summed E-state index contributed by atoms with van der Waals surface area (Å²) >= 11 is 11.7. The van der Waals surface area contributed by atoms with Gasteiger partial charge in [0.1, 0.15) is 11.6 Å². The molecule has 0 aliphatic heterocycles. The summed E-state index contributed by atoms with van der Waals surface area (Å²) in [6.07, 6.45) is 2.47. The van der Waals surface area contributed by atoms with Crippen molar-refractivity contribution < 1.29 is 23.1 Å². The number of ether oxygens (including phenoxy) is 1. The summed E-state index contributed by atoms with van der Waals surface area (Å²) < 4.78 is 31.1. The maximum Gasteiger partial charge on any atom is 0.331 e. The first-order valence-electron chi connectivity index (χ1n) is 6.90. The van der Waals surface area contributed by atoms with Crippen LogP contribution in [-0.2, 0) is 14.3 Å². The molecule has 0 bridgehead atoms. The number of benzene rings is 2. The Morgan fingerprint density at radius 3 is 2.60 bits per heavy atom. The summed E-state index contributed by atoms with van der Waals surface area (Å²) in [6, 6.07) is 7.31. The van der Waals surface area contributed by atoms with E-state index in [0.717, 1.165) is 24.3 Å². The number of esters is 1. The second-order valence-electron chi connectivity index (χ2n) is 4.78. The van der Waals surface area contributed by atoms with Crippen LogP contribution in [0.1, 0.15) is 5.56 Å². The Morgan fingerprint density at radius 2 is 1.88 bits per heavy atom. The fraction of sp³-hybridized carbons (Fsp3) is 0.0588. The summed E-state index contributed by atoms with van der Waals surface area (Å²) in [5, 5.41) is 2.90. The Labute approximate surface area is 152 Å². The van der Waals surface area contributed by atoms with Crippen LogP contribution < -0.4 is 5.32 Å². The SMILES string of the molecule is O=C(COC(=O)/C=C/c1ccc(Cl)cc1Cl)Nc1cc(F)ccc1F. The molecule has 0 unspecified atom stereocenters. The lowest BCUT2D eigenvalue weighted by Gasteiger charge is -2.06. The molecule has 0 heterocycles. The number of hydrogen-bond donors (Lipinski definition) is 1. The molecule has 0 saturated heterocycles. The van der Waals surface area contributed by atoms with E-state index in [2.05, 4.69) is 5.32 Å². The lowest BCUT2D eigenvalue weighted by molar-refractivity contribution is -0.142. The smallest absolute Gasteiger partial charge is 0.331 e. The van der Waals surface area contributed by atoms with Crippen molar-refractivity contribution in [3.05, 3.63) is 69.7 Å². The van der Waals surface area contributed by atoms with Crippen LogP contribution in [0.5, 0.6) is 0 Å². The Morgan fingerprint density at radius 1 is 1.12 bits per heavy atom. The third kappa shape index (κ3) is 5.85. The summed E-state index contributed by atoms with van der Waals surface area (Å²) in [5.41, 5.74) is 0.193. The van der Waals surface area contributed by atoms with Gasteiger partial charge in [0, 0.05) is 22.2 Å². The standard InChI is InChI=1S/C17H11Cl2F2NO3/c18-11-3-1-10(13(19)7-11)2-6-17(24)25-9-16(23)22-15-8-12(20)4-5-14(15)21/h1-8H,9H2,(H,22,23)/b6-2+. The molecule has 2 aromatic carbocycles. The molecule has 25 heavy (non-hydrogen) atoms. The molecule has 2 rings (SSSR count). The topological polar surface area (TPSA) is 55.4 Å². The van der Waals surface area contributed by atoms with Crippen molar-refractivity contribution in [1.29, 1.82) is 0 Å². The van der Waals surface area contributed by atoms with Crippen molar-refractivity contribution >= 4 is 46.8 Å². The highest BCUT2D eigenvalue weighted by Gasteiger charge is 2.10. The van der Waals surface area contributed by atoms with Crippen LogP contribution in [0.2, 0.25) is 10.0 Å². The van der Waals surface area contributed by atoms with Crippen LogP contribution >= 0.6 is 23.2 Å². The zero-order valence-electron chi connectivity index (χ0n) is 12.6. The van der Waals surface area contributed by atoms with Gasteiger partial charge in [-0.25, -0.2) is 13.6 Å². The Kier molecular flexibility index (Phi) is 6.50. The number of halogens is 4. The lowest BCUT2D eigenvalue weighted by atomic mass is 10.2. The van der Waals surface area contributed by atoms with E-state index in [1.54, 1.807) is 12.1 Å². The number of rotatable bonds is 5. The Balaban J connectivity index is 1.87. The molecule has 1 N–H and O–H groups in total. The van der Waals surface area contributed by atoms with Crippen LogP contribution in [0.25, 0.3) is 6.08 Å². The third-order valence-electron chi connectivity index (χ3n) is 2.91. The van der Waals surface area contributed by atoms with Gasteiger partial charge in [-0.05, 0) is 35.9 Å². The summed E-state index contributed by atoms with van der Waals surface area (Å²) in [4.78, 5) is 23.2. The summed E-state index contributed by atoms with van der Waals surface area (Å²) in [6.45, 7) is -0.659. The molecule has 0 saturated carbocycles. The minimum Gasteiger partial charge on any atom is -0.452 e. The highest BCUT2D eigenvalue weighted by Crippen LogP contribution is 2.22. The molecule has 2 aromatic rings. The molecule has 4 nitrogen and oxygen atoms in total. The van der Waals surface area contributed by atoms with Crippen LogP contribution in [0.3, 0.4) is 0 Å². The number of anilines is 1. The Bertz CT molecular complexity index is 841. The fourth-order valence-corrected chi connectivity index (χ4v) is 2.23. The van der Waals surface area contributed by atoms with Crippen molar-refractivity contribution in [2.24, 2.45) is 0 Å². The van der Waals surface area contributed by atoms with Crippen LogP contribution in [0.15, 0.2) is 42.5 Å². The van der Waals surface area contributed by atoms with Gasteiger partial charge in [0.05, 0.1) is 5.69 Å². The third-order valence-corrected chi connectivity index (χ3v) is 3.47. The van der Waals surface area contributed by atoms with E-state index in [1.165, 1.54) is 12.1 Å². The van der Waals surface area contributed by atoms with E-state index in [9.17, 15) is 18.4 Å². The molecule has 0 aliphatic carbocycles. The van der Waals surface area contributed by atoms with Gasteiger partial charge in [-0.3, -0.25) is 4.79 Å². The van der Waals surface area contributed by atoms with E-state index < -0.39 is 30.1 Å². The molecular weight excluding hydrogens is 375 g/mol. The highest BCUT2D eigenvalue weighted by atomic mass is 35.5. The molecule has 0 atom stereocenters. The van der Waals surface area contributed by atoms with Crippen molar-refractivity contribution in [3.63, 3.8) is 0 Å². The average Bonchev–Trinajstić information content (AvgIpc) is 2.55. The minimum absolute atomic E-state index is 0.343. The molecule has 0 fully saturated rings.